The Morgan fingerprint density at radius 2 is 1.89 bits per heavy atom. The summed E-state index contributed by atoms with van der Waals surface area (Å²) in [5, 5.41) is 18.4. The molecule has 0 radical (unpaired) electrons. The lowest BCUT2D eigenvalue weighted by atomic mass is 10.1. The molecule has 1 aromatic heterocycles. The second-order valence-electron chi connectivity index (χ2n) is 4.03. The van der Waals surface area contributed by atoms with Crippen LogP contribution in [0.15, 0.2) is 30.3 Å². The van der Waals surface area contributed by atoms with Crippen LogP contribution in [0.4, 0.5) is 5.82 Å². The van der Waals surface area contributed by atoms with Crippen LogP contribution in [0.1, 0.15) is 11.1 Å². The predicted octanol–water partition coefficient (Wildman–Crippen LogP) is 1.63. The highest BCUT2D eigenvalue weighted by Crippen LogP contribution is 2.22. The van der Waals surface area contributed by atoms with Crippen LogP contribution < -0.4 is 10.9 Å². The second-order valence-corrected chi connectivity index (χ2v) is 4.03. The lowest BCUT2D eigenvalue weighted by Gasteiger charge is -2.12. The molecule has 90 valence electrons. The SMILES string of the molecule is Cc1cc(N(C)N)nnc1-c1ccc(C#N)cc1. The van der Waals surface area contributed by atoms with Crippen LogP contribution in [-0.4, -0.2) is 17.2 Å². The number of nitrogens with two attached hydrogens (primary N) is 1. The van der Waals surface area contributed by atoms with Gasteiger partial charge in [0, 0.05) is 12.6 Å². The molecule has 0 saturated heterocycles. The minimum Gasteiger partial charge on any atom is -0.296 e. The summed E-state index contributed by atoms with van der Waals surface area (Å²) in [6.45, 7) is 1.95. The number of nitriles is 1. The largest absolute Gasteiger partial charge is 0.296 e. The fourth-order valence-corrected chi connectivity index (χ4v) is 1.63. The molecule has 1 aromatic carbocycles. The van der Waals surface area contributed by atoms with Crippen LogP contribution in [-0.2, 0) is 0 Å². The predicted molar refractivity (Wildman–Crippen MR) is 69.5 cm³/mol. The maximum Gasteiger partial charge on any atom is 0.165 e. The number of hydrazine groups is 1. The Kier molecular flexibility index (Phi) is 3.22. The zero-order valence-corrected chi connectivity index (χ0v) is 10.3. The zero-order chi connectivity index (χ0) is 13.1. The molecule has 1 heterocycles. The Morgan fingerprint density at radius 1 is 1.22 bits per heavy atom. The first kappa shape index (κ1) is 12.0. The molecular formula is C13H13N5. The Morgan fingerprint density at radius 3 is 2.39 bits per heavy atom. The van der Waals surface area contributed by atoms with Crippen molar-refractivity contribution in [2.24, 2.45) is 5.84 Å². The summed E-state index contributed by atoms with van der Waals surface area (Å²) in [5.41, 5.74) is 3.35. The van der Waals surface area contributed by atoms with E-state index in [1.807, 2.05) is 25.1 Å². The molecule has 0 spiro atoms. The molecule has 0 aliphatic carbocycles. The standard InChI is InChI=1S/C13H13N5/c1-9-7-12(18(2)15)16-17-13(9)11-5-3-10(8-14)4-6-11/h3-7H,15H2,1-2H3. The number of aromatic nitrogens is 2. The van der Waals surface area contributed by atoms with E-state index in [9.17, 15) is 0 Å². The van der Waals surface area contributed by atoms with Gasteiger partial charge in [-0.25, -0.2) is 5.84 Å². The summed E-state index contributed by atoms with van der Waals surface area (Å²) < 4.78 is 0. The molecule has 0 amide bonds. The van der Waals surface area contributed by atoms with Crippen molar-refractivity contribution in [2.75, 3.05) is 12.1 Å². The van der Waals surface area contributed by atoms with Crippen LogP contribution >= 0.6 is 0 Å². The van der Waals surface area contributed by atoms with Gasteiger partial charge in [0.1, 0.15) is 0 Å². The normalized spacial score (nSPS) is 9.89. The molecule has 2 aromatic rings. The maximum absolute atomic E-state index is 8.75. The molecule has 0 aliphatic heterocycles. The Balaban J connectivity index is 2.42. The molecule has 0 saturated carbocycles. The summed E-state index contributed by atoms with van der Waals surface area (Å²) in [6.07, 6.45) is 0. The monoisotopic (exact) mass is 239 g/mol. The molecule has 5 heteroatoms. The summed E-state index contributed by atoms with van der Waals surface area (Å²) in [5.74, 6) is 6.22. The van der Waals surface area contributed by atoms with Crippen LogP contribution in [0.2, 0.25) is 0 Å². The number of hydrogen-bond acceptors (Lipinski definition) is 5. The Labute approximate surface area is 105 Å². The van der Waals surface area contributed by atoms with Gasteiger partial charge in [0.15, 0.2) is 5.82 Å². The molecule has 0 bridgehead atoms. The number of aryl methyl sites for hydroxylation is 1. The van der Waals surface area contributed by atoms with Crippen molar-refractivity contribution in [2.45, 2.75) is 6.92 Å². The quantitative estimate of drug-likeness (QED) is 0.636. The summed E-state index contributed by atoms with van der Waals surface area (Å²) >= 11 is 0. The lowest BCUT2D eigenvalue weighted by Crippen LogP contribution is -2.26. The average molecular weight is 239 g/mol. The van der Waals surface area contributed by atoms with Crippen LogP contribution in [0.5, 0.6) is 0 Å². The lowest BCUT2D eigenvalue weighted by molar-refractivity contribution is 0.915. The van der Waals surface area contributed by atoms with Crippen LogP contribution in [0.3, 0.4) is 0 Å². The fourth-order valence-electron chi connectivity index (χ4n) is 1.63. The van der Waals surface area contributed by atoms with Crippen molar-refractivity contribution in [1.82, 2.24) is 10.2 Å². The average Bonchev–Trinajstić information content (AvgIpc) is 2.38. The van der Waals surface area contributed by atoms with Crippen molar-refractivity contribution in [1.29, 1.82) is 5.26 Å². The first-order valence-corrected chi connectivity index (χ1v) is 5.45. The van der Waals surface area contributed by atoms with E-state index < -0.39 is 0 Å². The smallest absolute Gasteiger partial charge is 0.165 e. The van der Waals surface area contributed by atoms with Gasteiger partial charge >= 0.3 is 0 Å². The van der Waals surface area contributed by atoms with Gasteiger partial charge in [-0.15, -0.1) is 10.2 Å². The Hall–Kier alpha value is -2.45. The molecule has 0 aliphatic rings. The van der Waals surface area contributed by atoms with Crippen molar-refractivity contribution in [3.8, 4) is 17.3 Å². The van der Waals surface area contributed by atoms with Crippen LogP contribution in [0.25, 0.3) is 11.3 Å². The van der Waals surface area contributed by atoms with Gasteiger partial charge in [-0.3, -0.25) is 5.01 Å². The molecule has 2 rings (SSSR count). The topological polar surface area (TPSA) is 78.8 Å². The molecular weight excluding hydrogens is 226 g/mol. The first-order chi connectivity index (χ1) is 8.61. The number of nitrogens with zero attached hydrogens (tertiary/aromatic N) is 4. The molecule has 0 atom stereocenters. The number of benzene rings is 1. The minimum absolute atomic E-state index is 0.616. The van der Waals surface area contributed by atoms with E-state index in [1.54, 1.807) is 19.2 Å². The van der Waals surface area contributed by atoms with E-state index in [0.29, 0.717) is 11.4 Å². The maximum atomic E-state index is 8.75. The molecule has 0 unspecified atom stereocenters. The molecule has 0 fully saturated rings. The van der Waals surface area contributed by atoms with Crippen molar-refractivity contribution >= 4 is 5.82 Å². The first-order valence-electron chi connectivity index (χ1n) is 5.45. The van der Waals surface area contributed by atoms with E-state index in [-0.39, 0.29) is 0 Å². The molecule has 2 N–H and O–H groups in total. The second kappa shape index (κ2) is 4.82. The van der Waals surface area contributed by atoms with Crippen molar-refractivity contribution in [3.05, 3.63) is 41.5 Å². The van der Waals surface area contributed by atoms with Gasteiger partial charge in [0.05, 0.1) is 17.3 Å². The third-order valence-corrected chi connectivity index (χ3v) is 2.62. The highest BCUT2D eigenvalue weighted by Gasteiger charge is 2.07. The van der Waals surface area contributed by atoms with E-state index in [2.05, 4.69) is 16.3 Å². The van der Waals surface area contributed by atoms with Crippen molar-refractivity contribution in [3.63, 3.8) is 0 Å². The third-order valence-electron chi connectivity index (χ3n) is 2.62. The highest BCUT2D eigenvalue weighted by atomic mass is 15.4. The number of anilines is 1. The Bertz CT molecular complexity index is 596. The third kappa shape index (κ3) is 2.29. The van der Waals surface area contributed by atoms with E-state index >= 15 is 0 Å². The van der Waals surface area contributed by atoms with E-state index in [1.165, 1.54) is 5.01 Å². The van der Waals surface area contributed by atoms with Gasteiger partial charge in [0.2, 0.25) is 0 Å². The van der Waals surface area contributed by atoms with Gasteiger partial charge in [-0.1, -0.05) is 12.1 Å². The zero-order valence-electron chi connectivity index (χ0n) is 10.3. The molecule has 18 heavy (non-hydrogen) atoms. The van der Waals surface area contributed by atoms with Gasteiger partial charge in [0.25, 0.3) is 0 Å². The highest BCUT2D eigenvalue weighted by molar-refractivity contribution is 5.64. The minimum atomic E-state index is 0.616. The summed E-state index contributed by atoms with van der Waals surface area (Å²) in [7, 11) is 1.71. The van der Waals surface area contributed by atoms with Gasteiger partial charge < -0.3 is 0 Å². The van der Waals surface area contributed by atoms with Gasteiger partial charge in [-0.2, -0.15) is 5.26 Å². The summed E-state index contributed by atoms with van der Waals surface area (Å²) in [6, 6.07) is 11.2. The summed E-state index contributed by atoms with van der Waals surface area (Å²) in [4.78, 5) is 0. The van der Waals surface area contributed by atoms with Crippen LogP contribution in [0, 0.1) is 18.3 Å². The number of rotatable bonds is 2. The van der Waals surface area contributed by atoms with Gasteiger partial charge in [-0.05, 0) is 30.7 Å². The van der Waals surface area contributed by atoms with Crippen molar-refractivity contribution < 1.29 is 0 Å². The fraction of sp³-hybridized carbons (Fsp3) is 0.154. The van der Waals surface area contributed by atoms with E-state index in [0.717, 1.165) is 16.8 Å². The molecule has 5 nitrogen and oxygen atoms in total. The van der Waals surface area contributed by atoms with E-state index in [4.69, 9.17) is 11.1 Å². The number of hydrogen-bond donors (Lipinski definition) is 1.